The molecular formula is C27H36F3N3O3. The third kappa shape index (κ3) is 6.41. The normalized spacial score (nSPS) is 25.8. The Balaban J connectivity index is 1.22. The summed E-state index contributed by atoms with van der Waals surface area (Å²) in [4.78, 5) is 29.2. The molecule has 2 N–H and O–H groups in total. The minimum Gasteiger partial charge on any atom is -0.446 e. The highest BCUT2D eigenvalue weighted by Crippen LogP contribution is 2.38. The molecule has 0 bridgehead atoms. The van der Waals surface area contributed by atoms with Crippen molar-refractivity contribution in [2.45, 2.75) is 69.6 Å². The number of piperazine rings is 1. The van der Waals surface area contributed by atoms with Crippen LogP contribution in [0.5, 0.6) is 0 Å². The molecule has 0 aromatic heterocycles. The van der Waals surface area contributed by atoms with Crippen LogP contribution in [0.2, 0.25) is 0 Å². The zero-order chi connectivity index (χ0) is 25.8. The van der Waals surface area contributed by atoms with Gasteiger partial charge in [0.2, 0.25) is 0 Å². The average Bonchev–Trinajstić information content (AvgIpc) is 2.88. The van der Waals surface area contributed by atoms with Crippen LogP contribution in [0.4, 0.5) is 18.9 Å². The number of primary amides is 1. The lowest BCUT2D eigenvalue weighted by atomic mass is 9.77. The van der Waals surface area contributed by atoms with Crippen molar-refractivity contribution in [3.8, 4) is 0 Å². The molecule has 36 heavy (non-hydrogen) atoms. The summed E-state index contributed by atoms with van der Waals surface area (Å²) in [6.45, 7) is 3.85. The summed E-state index contributed by atoms with van der Waals surface area (Å²) in [6.07, 6.45) is 4.59. The summed E-state index contributed by atoms with van der Waals surface area (Å²) < 4.78 is 44.8. The van der Waals surface area contributed by atoms with Gasteiger partial charge in [0.15, 0.2) is 5.60 Å². The van der Waals surface area contributed by atoms with E-state index in [1.54, 1.807) is 6.07 Å². The molecule has 0 radical (unpaired) electrons. The molecule has 0 spiro atoms. The van der Waals surface area contributed by atoms with E-state index in [2.05, 4.69) is 4.90 Å². The van der Waals surface area contributed by atoms with Gasteiger partial charge in [0.25, 0.3) is 5.91 Å². The number of benzene rings is 1. The van der Waals surface area contributed by atoms with E-state index in [1.165, 1.54) is 12.1 Å². The zero-order valence-corrected chi connectivity index (χ0v) is 20.7. The molecule has 1 aromatic carbocycles. The molecule has 1 saturated heterocycles. The minimum atomic E-state index is -4.34. The largest absolute Gasteiger partial charge is 0.446 e. The Hall–Kier alpha value is -2.55. The molecule has 9 heteroatoms. The Morgan fingerprint density at radius 2 is 1.81 bits per heavy atom. The van der Waals surface area contributed by atoms with Crippen LogP contribution in [-0.4, -0.2) is 55.1 Å². The Morgan fingerprint density at radius 1 is 1.08 bits per heavy atom. The van der Waals surface area contributed by atoms with Gasteiger partial charge in [-0.05, 0) is 88.4 Å². The topological polar surface area (TPSA) is 75.9 Å². The second kappa shape index (κ2) is 11.2. The fourth-order valence-electron chi connectivity index (χ4n) is 5.57. The van der Waals surface area contributed by atoms with Crippen LogP contribution in [0.25, 0.3) is 0 Å². The summed E-state index contributed by atoms with van der Waals surface area (Å²) in [5.41, 5.74) is 5.15. The Kier molecular flexibility index (Phi) is 8.27. The second-order valence-electron chi connectivity index (χ2n) is 10.3. The van der Waals surface area contributed by atoms with E-state index < -0.39 is 29.2 Å². The molecule has 0 atom stereocenters. The molecule has 3 aliphatic rings. The van der Waals surface area contributed by atoms with Crippen molar-refractivity contribution in [2.24, 2.45) is 11.7 Å². The van der Waals surface area contributed by atoms with Crippen LogP contribution in [-0.2, 0) is 20.5 Å². The summed E-state index contributed by atoms with van der Waals surface area (Å²) in [5.74, 6) is -0.534. The van der Waals surface area contributed by atoms with Gasteiger partial charge >= 0.3 is 12.1 Å². The number of anilines is 1. The number of hydrogen-bond donors (Lipinski definition) is 1. The molecule has 1 aliphatic heterocycles. The smallest absolute Gasteiger partial charge is 0.416 e. The number of ether oxygens (including phenoxy) is 1. The fourth-order valence-corrected chi connectivity index (χ4v) is 5.57. The third-order valence-electron chi connectivity index (χ3n) is 7.97. The summed E-state index contributed by atoms with van der Waals surface area (Å²) >= 11 is 0. The number of amides is 1. The summed E-state index contributed by atoms with van der Waals surface area (Å²) in [7, 11) is 0. The molecule has 2 fully saturated rings. The first-order valence-corrected chi connectivity index (χ1v) is 13.0. The van der Waals surface area contributed by atoms with E-state index in [0.717, 1.165) is 64.2 Å². The van der Waals surface area contributed by atoms with Gasteiger partial charge in [-0.25, -0.2) is 4.79 Å². The number of allylic oxidation sites excluding steroid dienone is 1. The van der Waals surface area contributed by atoms with Crippen LogP contribution in [0.15, 0.2) is 35.9 Å². The monoisotopic (exact) mass is 507 g/mol. The molecule has 4 rings (SSSR count). The second-order valence-corrected chi connectivity index (χ2v) is 10.3. The zero-order valence-electron chi connectivity index (χ0n) is 20.7. The number of esters is 1. The number of carbonyl (C=O) groups excluding carboxylic acids is 2. The molecule has 2 aliphatic carbocycles. The van der Waals surface area contributed by atoms with Crippen LogP contribution in [0, 0.1) is 5.92 Å². The average molecular weight is 508 g/mol. The van der Waals surface area contributed by atoms with Crippen molar-refractivity contribution in [3.63, 3.8) is 0 Å². The van der Waals surface area contributed by atoms with Crippen molar-refractivity contribution in [2.75, 3.05) is 37.6 Å². The predicted octanol–water partition coefficient (Wildman–Crippen LogP) is 4.68. The summed E-state index contributed by atoms with van der Waals surface area (Å²) in [5, 5.41) is 0. The van der Waals surface area contributed by atoms with Crippen molar-refractivity contribution in [1.82, 2.24) is 4.90 Å². The Labute approximate surface area is 210 Å². The number of nitrogens with zero attached hydrogens (tertiary/aromatic N) is 2. The van der Waals surface area contributed by atoms with Gasteiger partial charge in [0.1, 0.15) is 0 Å². The molecule has 6 nitrogen and oxygen atoms in total. The maximum atomic E-state index is 13.0. The van der Waals surface area contributed by atoms with Gasteiger partial charge in [-0.1, -0.05) is 12.1 Å². The van der Waals surface area contributed by atoms with Gasteiger partial charge in [-0.3, -0.25) is 9.69 Å². The van der Waals surface area contributed by atoms with E-state index in [1.807, 2.05) is 11.0 Å². The standard InChI is InChI=1S/C27H36F3N3O3/c28-27(29,30)22-7-4-8-23(19-22)33-17-15-32(16-18-33)14-11-20-9-12-26(13-10-20,25(31)35)36-24(34)21-5-2-1-3-6-21/h4-5,7-8,19-20H,1-3,6,9-18H2,(H2,31,35). The van der Waals surface area contributed by atoms with Crippen LogP contribution >= 0.6 is 0 Å². The van der Waals surface area contributed by atoms with Crippen molar-refractivity contribution in [1.29, 1.82) is 0 Å². The molecule has 0 unspecified atom stereocenters. The van der Waals surface area contributed by atoms with Crippen molar-refractivity contribution in [3.05, 3.63) is 41.5 Å². The van der Waals surface area contributed by atoms with Crippen molar-refractivity contribution >= 4 is 17.6 Å². The highest BCUT2D eigenvalue weighted by Gasteiger charge is 2.44. The first kappa shape index (κ1) is 26.5. The lowest BCUT2D eigenvalue weighted by Gasteiger charge is -2.39. The van der Waals surface area contributed by atoms with Gasteiger partial charge in [0.05, 0.1) is 5.56 Å². The third-order valence-corrected chi connectivity index (χ3v) is 7.97. The quantitative estimate of drug-likeness (QED) is 0.543. The highest BCUT2D eigenvalue weighted by atomic mass is 19.4. The molecule has 1 saturated carbocycles. The van der Waals surface area contributed by atoms with E-state index in [4.69, 9.17) is 10.5 Å². The lowest BCUT2D eigenvalue weighted by Crippen LogP contribution is -2.50. The maximum Gasteiger partial charge on any atom is 0.416 e. The first-order chi connectivity index (χ1) is 17.2. The minimum absolute atomic E-state index is 0.398. The van der Waals surface area contributed by atoms with Gasteiger partial charge < -0.3 is 15.4 Å². The maximum absolute atomic E-state index is 13.0. The molecule has 1 amide bonds. The number of hydrogen-bond acceptors (Lipinski definition) is 5. The van der Waals surface area contributed by atoms with Crippen LogP contribution in [0.1, 0.15) is 63.4 Å². The van der Waals surface area contributed by atoms with Gasteiger partial charge in [-0.15, -0.1) is 0 Å². The van der Waals surface area contributed by atoms with Gasteiger partial charge in [-0.2, -0.15) is 13.2 Å². The SMILES string of the molecule is NC(=O)C1(OC(=O)C2=CCCCC2)CCC(CCN2CCN(c3cccc(C(F)(F)F)c3)CC2)CC1. The number of alkyl halides is 3. The Bertz CT molecular complexity index is 963. The van der Waals surface area contributed by atoms with E-state index in [9.17, 15) is 22.8 Å². The Morgan fingerprint density at radius 3 is 2.42 bits per heavy atom. The summed E-state index contributed by atoms with van der Waals surface area (Å²) in [6, 6.07) is 5.52. The molecule has 1 aromatic rings. The predicted molar refractivity (Wildman–Crippen MR) is 131 cm³/mol. The molecular weight excluding hydrogens is 471 g/mol. The first-order valence-electron chi connectivity index (χ1n) is 13.0. The fraction of sp³-hybridized carbons (Fsp3) is 0.630. The van der Waals surface area contributed by atoms with Crippen molar-refractivity contribution < 1.29 is 27.5 Å². The van der Waals surface area contributed by atoms with E-state index in [-0.39, 0.29) is 0 Å². The number of halogens is 3. The number of nitrogens with two attached hydrogens (primary N) is 1. The van der Waals surface area contributed by atoms with E-state index >= 15 is 0 Å². The van der Waals surface area contributed by atoms with Crippen LogP contribution in [0.3, 0.4) is 0 Å². The number of carbonyl (C=O) groups is 2. The highest BCUT2D eigenvalue weighted by molar-refractivity contribution is 5.93. The molecule has 1 heterocycles. The lowest BCUT2D eigenvalue weighted by molar-refractivity contribution is -0.168. The van der Waals surface area contributed by atoms with Crippen LogP contribution < -0.4 is 10.6 Å². The number of rotatable bonds is 7. The van der Waals surface area contributed by atoms with E-state index in [0.29, 0.717) is 49.5 Å². The molecule has 198 valence electrons. The van der Waals surface area contributed by atoms with Gasteiger partial charge in [0, 0.05) is 37.4 Å².